The molecule has 122 valence electrons. The van der Waals surface area contributed by atoms with Gasteiger partial charge in [-0.05, 0) is 77.5 Å². The summed E-state index contributed by atoms with van der Waals surface area (Å²) >= 11 is 0. The minimum atomic E-state index is -0.0403. The maximum atomic E-state index is 11.2. The summed E-state index contributed by atoms with van der Waals surface area (Å²) in [5, 5.41) is 3.66. The number of rotatable bonds is 10. The first-order chi connectivity index (χ1) is 10.3. The molecule has 1 aliphatic heterocycles. The monoisotopic (exact) mass is 296 g/mol. The number of nitrogens with one attached hydrogen (secondary N) is 1. The highest BCUT2D eigenvalue weighted by molar-refractivity contribution is 5.69. The van der Waals surface area contributed by atoms with Crippen LogP contribution in [0.5, 0.6) is 0 Å². The Bertz CT molecular complexity index is 297. The van der Waals surface area contributed by atoms with Crippen LogP contribution in [0, 0.1) is 5.92 Å². The highest BCUT2D eigenvalue weighted by Crippen LogP contribution is 2.22. The van der Waals surface area contributed by atoms with Crippen LogP contribution >= 0.6 is 0 Å². The minimum absolute atomic E-state index is 0.0403. The van der Waals surface area contributed by atoms with Crippen LogP contribution < -0.4 is 5.32 Å². The minimum Gasteiger partial charge on any atom is -0.466 e. The van der Waals surface area contributed by atoms with Crippen molar-refractivity contribution < 1.29 is 9.53 Å². The Balaban J connectivity index is 1.42. The Kier molecular flexibility index (Phi) is 7.51. The number of nitrogens with zero attached hydrogens (tertiary/aromatic N) is 1. The molecule has 0 amide bonds. The van der Waals surface area contributed by atoms with E-state index < -0.39 is 0 Å². The second kappa shape index (κ2) is 9.42. The SMILES string of the molecule is CCOC(=O)CCCCCN1CCC(CNC2CC2)CC1. The van der Waals surface area contributed by atoms with Crippen molar-refractivity contribution in [3.05, 3.63) is 0 Å². The fourth-order valence-corrected chi connectivity index (χ4v) is 3.05. The van der Waals surface area contributed by atoms with E-state index >= 15 is 0 Å². The number of hydrogen-bond acceptors (Lipinski definition) is 4. The average molecular weight is 296 g/mol. The number of likely N-dealkylation sites (tertiary alicyclic amines) is 1. The van der Waals surface area contributed by atoms with Crippen molar-refractivity contribution in [2.45, 2.75) is 64.3 Å². The summed E-state index contributed by atoms with van der Waals surface area (Å²) in [6, 6.07) is 0.849. The van der Waals surface area contributed by atoms with Gasteiger partial charge in [-0.15, -0.1) is 0 Å². The van der Waals surface area contributed by atoms with Gasteiger partial charge in [0.15, 0.2) is 0 Å². The van der Waals surface area contributed by atoms with Crippen molar-refractivity contribution in [3.8, 4) is 0 Å². The maximum Gasteiger partial charge on any atom is 0.305 e. The van der Waals surface area contributed by atoms with Crippen LogP contribution in [0.1, 0.15) is 58.3 Å². The molecule has 1 heterocycles. The standard InChI is InChI=1S/C17H32N2O2/c1-2-21-17(20)6-4-3-5-11-19-12-9-15(10-13-19)14-18-16-7-8-16/h15-16,18H,2-14H2,1H3. The molecular weight excluding hydrogens is 264 g/mol. The van der Waals surface area contributed by atoms with Gasteiger partial charge in [-0.3, -0.25) is 4.79 Å². The Hall–Kier alpha value is -0.610. The molecule has 1 aliphatic carbocycles. The fraction of sp³-hybridized carbons (Fsp3) is 0.941. The van der Waals surface area contributed by atoms with E-state index in [0.29, 0.717) is 13.0 Å². The normalized spacial score (nSPS) is 20.6. The highest BCUT2D eigenvalue weighted by Gasteiger charge is 2.24. The lowest BCUT2D eigenvalue weighted by molar-refractivity contribution is -0.143. The summed E-state index contributed by atoms with van der Waals surface area (Å²) in [6.45, 7) is 7.32. The van der Waals surface area contributed by atoms with Crippen LogP contribution in [0.25, 0.3) is 0 Å². The Morgan fingerprint density at radius 2 is 1.90 bits per heavy atom. The van der Waals surface area contributed by atoms with Crippen molar-refractivity contribution in [2.75, 3.05) is 32.8 Å². The highest BCUT2D eigenvalue weighted by atomic mass is 16.5. The molecule has 4 heteroatoms. The average Bonchev–Trinajstić information content (AvgIpc) is 3.30. The number of hydrogen-bond donors (Lipinski definition) is 1. The van der Waals surface area contributed by atoms with Gasteiger partial charge in [-0.2, -0.15) is 0 Å². The molecule has 0 unspecified atom stereocenters. The molecule has 0 aromatic carbocycles. The van der Waals surface area contributed by atoms with E-state index in [-0.39, 0.29) is 5.97 Å². The van der Waals surface area contributed by atoms with Gasteiger partial charge in [0.05, 0.1) is 6.61 Å². The number of unbranched alkanes of at least 4 members (excludes halogenated alkanes) is 2. The smallest absolute Gasteiger partial charge is 0.305 e. The molecule has 0 bridgehead atoms. The van der Waals surface area contributed by atoms with Crippen LogP contribution in [0.2, 0.25) is 0 Å². The van der Waals surface area contributed by atoms with Gasteiger partial charge >= 0.3 is 5.97 Å². The van der Waals surface area contributed by atoms with E-state index in [1.54, 1.807) is 0 Å². The summed E-state index contributed by atoms with van der Waals surface area (Å²) in [4.78, 5) is 13.8. The molecule has 1 N–H and O–H groups in total. The van der Waals surface area contributed by atoms with Crippen LogP contribution in [-0.2, 0) is 9.53 Å². The third-order valence-electron chi connectivity index (χ3n) is 4.64. The lowest BCUT2D eigenvalue weighted by Gasteiger charge is -2.32. The molecule has 0 atom stereocenters. The Morgan fingerprint density at radius 3 is 2.57 bits per heavy atom. The zero-order valence-electron chi connectivity index (χ0n) is 13.6. The van der Waals surface area contributed by atoms with Gasteiger partial charge in [-0.1, -0.05) is 6.42 Å². The molecule has 21 heavy (non-hydrogen) atoms. The van der Waals surface area contributed by atoms with Crippen LogP contribution in [0.3, 0.4) is 0 Å². The van der Waals surface area contributed by atoms with Gasteiger partial charge in [0.2, 0.25) is 0 Å². The molecule has 0 aromatic rings. The zero-order chi connectivity index (χ0) is 14.9. The lowest BCUT2D eigenvalue weighted by Crippen LogP contribution is -2.38. The number of carbonyl (C=O) groups excluding carboxylic acids is 1. The number of piperidine rings is 1. The van der Waals surface area contributed by atoms with E-state index in [1.807, 2.05) is 6.92 Å². The van der Waals surface area contributed by atoms with E-state index in [1.165, 1.54) is 58.3 Å². The van der Waals surface area contributed by atoms with Gasteiger partial charge in [-0.25, -0.2) is 0 Å². The summed E-state index contributed by atoms with van der Waals surface area (Å²) in [7, 11) is 0. The van der Waals surface area contributed by atoms with Crippen molar-refractivity contribution in [3.63, 3.8) is 0 Å². The summed E-state index contributed by atoms with van der Waals surface area (Å²) < 4.78 is 4.94. The van der Waals surface area contributed by atoms with E-state index in [9.17, 15) is 4.79 Å². The van der Waals surface area contributed by atoms with Gasteiger partial charge < -0.3 is 15.0 Å². The first kappa shape index (κ1) is 16.8. The molecule has 2 fully saturated rings. The van der Waals surface area contributed by atoms with Crippen molar-refractivity contribution in [1.29, 1.82) is 0 Å². The third kappa shape index (κ3) is 7.28. The van der Waals surface area contributed by atoms with E-state index in [4.69, 9.17) is 4.74 Å². The summed E-state index contributed by atoms with van der Waals surface area (Å²) in [5.41, 5.74) is 0. The van der Waals surface area contributed by atoms with Crippen molar-refractivity contribution in [2.24, 2.45) is 5.92 Å². The lowest BCUT2D eigenvalue weighted by atomic mass is 9.96. The van der Waals surface area contributed by atoms with Gasteiger partial charge in [0, 0.05) is 12.5 Å². The van der Waals surface area contributed by atoms with Gasteiger partial charge in [0.25, 0.3) is 0 Å². The summed E-state index contributed by atoms with van der Waals surface area (Å²) in [5.74, 6) is 0.854. The molecule has 1 saturated heterocycles. The molecule has 0 spiro atoms. The second-order valence-electron chi connectivity index (χ2n) is 6.58. The predicted molar refractivity (Wildman–Crippen MR) is 85.3 cm³/mol. The van der Waals surface area contributed by atoms with Crippen molar-refractivity contribution >= 4 is 5.97 Å². The topological polar surface area (TPSA) is 41.6 Å². The number of esters is 1. The molecule has 2 aliphatic rings. The molecule has 1 saturated carbocycles. The first-order valence-corrected chi connectivity index (χ1v) is 8.89. The summed E-state index contributed by atoms with van der Waals surface area (Å²) in [6.07, 6.45) is 9.40. The number of carbonyl (C=O) groups is 1. The zero-order valence-corrected chi connectivity index (χ0v) is 13.6. The molecule has 4 nitrogen and oxygen atoms in total. The first-order valence-electron chi connectivity index (χ1n) is 8.89. The maximum absolute atomic E-state index is 11.2. The Morgan fingerprint density at radius 1 is 1.14 bits per heavy atom. The molecule has 0 aromatic heterocycles. The quantitative estimate of drug-likeness (QED) is 0.497. The predicted octanol–water partition coefficient (Wildman–Crippen LogP) is 2.57. The van der Waals surface area contributed by atoms with Gasteiger partial charge in [0.1, 0.15) is 0 Å². The van der Waals surface area contributed by atoms with Crippen LogP contribution in [-0.4, -0.2) is 49.7 Å². The van der Waals surface area contributed by atoms with Crippen LogP contribution in [0.4, 0.5) is 0 Å². The van der Waals surface area contributed by atoms with Crippen LogP contribution in [0.15, 0.2) is 0 Å². The van der Waals surface area contributed by atoms with Crippen molar-refractivity contribution in [1.82, 2.24) is 10.2 Å². The Labute approximate surface area is 129 Å². The second-order valence-corrected chi connectivity index (χ2v) is 6.58. The molecule has 0 radical (unpaired) electrons. The molecule has 2 rings (SSSR count). The largest absolute Gasteiger partial charge is 0.466 e. The fourth-order valence-electron chi connectivity index (χ4n) is 3.05. The molecular formula is C17H32N2O2. The third-order valence-corrected chi connectivity index (χ3v) is 4.64. The van der Waals surface area contributed by atoms with E-state index in [0.717, 1.165) is 24.8 Å². The number of ether oxygens (including phenoxy) is 1. The van der Waals surface area contributed by atoms with E-state index in [2.05, 4.69) is 10.2 Å².